The highest BCUT2D eigenvalue weighted by molar-refractivity contribution is 6.66. The number of hydrogen-bond acceptors (Lipinski definition) is 2. The number of rotatable bonds is 6. The number of halogens is 1. The van der Waals surface area contributed by atoms with Gasteiger partial charge in [-0.2, -0.15) is 0 Å². The lowest BCUT2D eigenvalue weighted by Gasteiger charge is -2.42. The van der Waals surface area contributed by atoms with Crippen LogP contribution in [0.3, 0.4) is 0 Å². The standard InChI is InChI=1S/C21H30BFNO/c1-20(2,18-8-9-18)21(3,4)25-22(5)19-10-6-16(7-11-19)17-12-14-24(23)15-13-17/h6-11,17H,12-15H2,1-5H3. The summed E-state index contributed by atoms with van der Waals surface area (Å²) in [6.07, 6.45) is 6.14. The Bertz CT molecular complexity index is 630. The van der Waals surface area contributed by atoms with Crippen LogP contribution in [-0.4, -0.2) is 30.7 Å². The second-order valence-corrected chi connectivity index (χ2v) is 8.53. The zero-order valence-corrected chi connectivity index (χ0v) is 16.2. The molecule has 1 heterocycles. The lowest BCUT2D eigenvalue weighted by Crippen LogP contribution is -2.48. The largest absolute Gasteiger partial charge is 0.426 e. The minimum atomic E-state index is -0.252. The van der Waals surface area contributed by atoms with Gasteiger partial charge in [0.05, 0.1) is 5.60 Å². The minimum absolute atomic E-state index is 0.00153. The average Bonchev–Trinajstić information content (AvgIpc) is 3.40. The van der Waals surface area contributed by atoms with Crippen LogP contribution in [0, 0.1) is 11.8 Å². The Morgan fingerprint density at radius 3 is 2.16 bits per heavy atom. The SMILES string of the molecule is CB(OC(C)(C)C(C)(C)C1=C[CH]1)c1ccc(C2CCN(F)CC2)cc1. The van der Waals surface area contributed by atoms with Crippen LogP contribution in [0.5, 0.6) is 0 Å². The molecule has 0 bridgehead atoms. The van der Waals surface area contributed by atoms with Crippen LogP contribution >= 0.6 is 0 Å². The topological polar surface area (TPSA) is 12.5 Å². The molecule has 0 saturated carbocycles. The Morgan fingerprint density at radius 2 is 1.64 bits per heavy atom. The molecule has 135 valence electrons. The number of nitrogens with zero attached hydrogens (tertiary/aromatic N) is 1. The van der Waals surface area contributed by atoms with E-state index in [0.29, 0.717) is 19.0 Å². The summed E-state index contributed by atoms with van der Waals surface area (Å²) in [4.78, 5) is 0. The van der Waals surface area contributed by atoms with E-state index in [9.17, 15) is 4.48 Å². The molecule has 2 aliphatic rings. The van der Waals surface area contributed by atoms with Crippen LogP contribution in [0.2, 0.25) is 6.82 Å². The molecule has 0 unspecified atom stereocenters. The molecule has 1 aliphatic heterocycles. The molecule has 1 aliphatic carbocycles. The molecule has 0 spiro atoms. The van der Waals surface area contributed by atoms with Gasteiger partial charge >= 0.3 is 6.92 Å². The van der Waals surface area contributed by atoms with Crippen molar-refractivity contribution in [2.75, 3.05) is 13.1 Å². The molecule has 0 N–H and O–H groups in total. The lowest BCUT2D eigenvalue weighted by molar-refractivity contribution is 0.000732. The Morgan fingerprint density at radius 1 is 1.08 bits per heavy atom. The van der Waals surface area contributed by atoms with Gasteiger partial charge in [-0.1, -0.05) is 56.6 Å². The van der Waals surface area contributed by atoms with Gasteiger partial charge < -0.3 is 4.65 Å². The van der Waals surface area contributed by atoms with E-state index in [2.05, 4.69) is 71.3 Å². The van der Waals surface area contributed by atoms with Gasteiger partial charge in [-0.05, 0) is 43.6 Å². The summed E-state index contributed by atoms with van der Waals surface area (Å²) in [6.45, 7) is 12.1. The third-order valence-electron chi connectivity index (χ3n) is 6.35. The van der Waals surface area contributed by atoms with Gasteiger partial charge in [0, 0.05) is 24.9 Å². The van der Waals surface area contributed by atoms with Crippen LogP contribution in [0.25, 0.3) is 0 Å². The summed E-state index contributed by atoms with van der Waals surface area (Å²) < 4.78 is 19.6. The number of benzene rings is 1. The molecule has 0 amide bonds. The number of allylic oxidation sites excluding steroid dienone is 1. The average molecular weight is 342 g/mol. The Labute approximate surface area is 152 Å². The fraction of sp³-hybridized carbons (Fsp3) is 0.571. The summed E-state index contributed by atoms with van der Waals surface area (Å²) >= 11 is 0. The quantitative estimate of drug-likeness (QED) is 0.556. The number of hydrogen-bond donors (Lipinski definition) is 0. The van der Waals surface area contributed by atoms with E-state index in [0.717, 1.165) is 18.0 Å². The molecular formula is C21H30BFNO. The van der Waals surface area contributed by atoms with Crippen LogP contribution in [-0.2, 0) is 4.65 Å². The molecule has 0 aromatic heterocycles. The van der Waals surface area contributed by atoms with Gasteiger partial charge in [-0.15, -0.1) is 9.60 Å². The smallest absolute Gasteiger partial charge is 0.324 e. The first-order valence-corrected chi connectivity index (χ1v) is 9.44. The first kappa shape index (κ1) is 18.7. The molecule has 1 aromatic carbocycles. The van der Waals surface area contributed by atoms with Crippen molar-refractivity contribution < 1.29 is 9.14 Å². The third kappa shape index (κ3) is 4.01. The molecule has 1 aromatic rings. The van der Waals surface area contributed by atoms with Gasteiger partial charge in [0.15, 0.2) is 0 Å². The van der Waals surface area contributed by atoms with Gasteiger partial charge in [0.1, 0.15) is 0 Å². The Hall–Kier alpha value is -1.13. The van der Waals surface area contributed by atoms with E-state index in [1.807, 2.05) is 0 Å². The Balaban J connectivity index is 1.64. The van der Waals surface area contributed by atoms with Crippen molar-refractivity contribution in [1.29, 1.82) is 0 Å². The van der Waals surface area contributed by atoms with E-state index in [-0.39, 0.29) is 17.9 Å². The van der Waals surface area contributed by atoms with Crippen molar-refractivity contribution >= 4 is 12.4 Å². The maximum absolute atomic E-state index is 13.2. The van der Waals surface area contributed by atoms with Crippen LogP contribution in [0.15, 0.2) is 35.9 Å². The van der Waals surface area contributed by atoms with Crippen LogP contribution < -0.4 is 5.46 Å². The normalized spacial score (nSPS) is 19.7. The molecular weight excluding hydrogens is 312 g/mol. The maximum atomic E-state index is 13.2. The van der Waals surface area contributed by atoms with Gasteiger partial charge in [-0.3, -0.25) is 0 Å². The summed E-state index contributed by atoms with van der Waals surface area (Å²) in [5, 5.41) is 0.928. The summed E-state index contributed by atoms with van der Waals surface area (Å²) in [5.41, 5.74) is 3.64. The highest BCUT2D eigenvalue weighted by atomic mass is 19.2. The zero-order chi connectivity index (χ0) is 18.2. The van der Waals surface area contributed by atoms with Crippen molar-refractivity contribution in [3.8, 4) is 0 Å². The molecule has 4 heteroatoms. The van der Waals surface area contributed by atoms with Gasteiger partial charge in [-0.25, -0.2) is 0 Å². The molecule has 3 rings (SSSR count). The summed E-state index contributed by atoms with van der Waals surface area (Å²) in [7, 11) is 0. The molecule has 2 nitrogen and oxygen atoms in total. The van der Waals surface area contributed by atoms with E-state index in [4.69, 9.17) is 4.65 Å². The zero-order valence-electron chi connectivity index (χ0n) is 16.2. The predicted molar refractivity (Wildman–Crippen MR) is 104 cm³/mol. The van der Waals surface area contributed by atoms with E-state index >= 15 is 0 Å². The fourth-order valence-corrected chi connectivity index (χ4v) is 3.68. The van der Waals surface area contributed by atoms with Gasteiger partial charge in [0.25, 0.3) is 0 Å². The number of piperidine rings is 1. The molecule has 0 atom stereocenters. The highest BCUT2D eigenvalue weighted by Gasteiger charge is 2.44. The second kappa shape index (κ2) is 6.88. The van der Waals surface area contributed by atoms with Gasteiger partial charge in [0.2, 0.25) is 0 Å². The van der Waals surface area contributed by atoms with Crippen molar-refractivity contribution in [2.24, 2.45) is 5.41 Å². The molecule has 1 saturated heterocycles. The van der Waals surface area contributed by atoms with Crippen LogP contribution in [0.1, 0.15) is 52.0 Å². The molecule has 1 fully saturated rings. The van der Waals surface area contributed by atoms with Crippen molar-refractivity contribution in [1.82, 2.24) is 5.12 Å². The highest BCUT2D eigenvalue weighted by Crippen LogP contribution is 2.47. The first-order chi connectivity index (χ1) is 11.7. The van der Waals surface area contributed by atoms with Crippen LogP contribution in [0.4, 0.5) is 4.48 Å². The van der Waals surface area contributed by atoms with Crippen molar-refractivity contribution in [3.05, 3.63) is 47.9 Å². The van der Waals surface area contributed by atoms with E-state index in [1.165, 1.54) is 16.6 Å². The van der Waals surface area contributed by atoms with Crippen molar-refractivity contribution in [2.45, 2.75) is 58.9 Å². The molecule has 25 heavy (non-hydrogen) atoms. The third-order valence-corrected chi connectivity index (χ3v) is 6.35. The summed E-state index contributed by atoms with van der Waals surface area (Å²) in [6, 6.07) is 8.74. The first-order valence-electron chi connectivity index (χ1n) is 9.44. The second-order valence-electron chi connectivity index (χ2n) is 8.53. The molecule has 1 radical (unpaired) electrons. The fourth-order valence-electron chi connectivity index (χ4n) is 3.68. The minimum Gasteiger partial charge on any atom is -0.426 e. The van der Waals surface area contributed by atoms with E-state index in [1.54, 1.807) is 0 Å². The van der Waals surface area contributed by atoms with Crippen molar-refractivity contribution in [3.63, 3.8) is 0 Å². The monoisotopic (exact) mass is 342 g/mol. The predicted octanol–water partition coefficient (Wildman–Crippen LogP) is 4.54. The summed E-state index contributed by atoms with van der Waals surface area (Å²) in [5.74, 6) is 0.477. The lowest BCUT2D eigenvalue weighted by atomic mass is 9.61. The maximum Gasteiger partial charge on any atom is 0.324 e. The van der Waals surface area contributed by atoms with E-state index < -0.39 is 0 Å². The Kier molecular flexibility index (Phi) is 5.14.